The third-order valence-corrected chi connectivity index (χ3v) is 3.10. The monoisotopic (exact) mass is 285 g/mol. The third kappa shape index (κ3) is 6.23. The number of rotatable bonds is 4. The highest BCUT2D eigenvalue weighted by Crippen LogP contribution is 2.15. The summed E-state index contributed by atoms with van der Waals surface area (Å²) >= 11 is 0. The summed E-state index contributed by atoms with van der Waals surface area (Å²) in [6, 6.07) is 0.210. The van der Waals surface area contributed by atoms with E-state index >= 15 is 0 Å². The molecule has 0 aliphatic carbocycles. The fourth-order valence-electron chi connectivity index (χ4n) is 2.37. The fourth-order valence-corrected chi connectivity index (χ4v) is 2.37. The van der Waals surface area contributed by atoms with Crippen molar-refractivity contribution in [1.82, 2.24) is 10.2 Å². The van der Waals surface area contributed by atoms with E-state index in [9.17, 15) is 9.59 Å². The van der Waals surface area contributed by atoms with Gasteiger partial charge < -0.3 is 20.7 Å². The average molecular weight is 285 g/mol. The molecular weight excluding hydrogens is 258 g/mol. The van der Waals surface area contributed by atoms with Gasteiger partial charge in [0.15, 0.2) is 0 Å². The number of primary amides is 1. The fraction of sp³-hybridized carbons (Fsp3) is 0.857. The second kappa shape index (κ2) is 6.92. The zero-order valence-electron chi connectivity index (χ0n) is 12.9. The number of carbonyl (C=O) groups excluding carboxylic acids is 2. The predicted octanol–water partition coefficient (Wildman–Crippen LogP) is 1.24. The molecule has 0 aromatic carbocycles. The van der Waals surface area contributed by atoms with E-state index < -0.39 is 5.60 Å². The lowest BCUT2D eigenvalue weighted by Gasteiger charge is -2.35. The molecule has 20 heavy (non-hydrogen) atoms. The van der Waals surface area contributed by atoms with Crippen molar-refractivity contribution in [3.05, 3.63) is 0 Å². The molecule has 3 N–H and O–H groups in total. The van der Waals surface area contributed by atoms with Gasteiger partial charge in [0.05, 0.1) is 0 Å². The van der Waals surface area contributed by atoms with Gasteiger partial charge in [0.25, 0.3) is 0 Å². The quantitative estimate of drug-likeness (QED) is 0.814. The largest absolute Gasteiger partial charge is 0.444 e. The van der Waals surface area contributed by atoms with Crippen molar-refractivity contribution in [1.29, 1.82) is 0 Å². The van der Waals surface area contributed by atoms with Crippen LogP contribution in [0.15, 0.2) is 0 Å². The number of hydrogen-bond acceptors (Lipinski definition) is 4. The Bertz CT molecular complexity index is 352. The molecule has 0 aromatic heterocycles. The number of piperidine rings is 1. The highest BCUT2D eigenvalue weighted by atomic mass is 16.6. The van der Waals surface area contributed by atoms with Crippen LogP contribution in [-0.4, -0.2) is 47.7 Å². The zero-order valence-corrected chi connectivity index (χ0v) is 12.9. The normalized spacial score (nSPS) is 21.4. The smallest absolute Gasteiger partial charge is 0.410 e. The molecule has 6 heteroatoms. The maximum absolute atomic E-state index is 12.0. The van der Waals surface area contributed by atoms with Crippen LogP contribution in [0.25, 0.3) is 0 Å². The molecule has 1 saturated heterocycles. The molecule has 116 valence electrons. The van der Waals surface area contributed by atoms with Crippen LogP contribution in [0.3, 0.4) is 0 Å². The van der Waals surface area contributed by atoms with Crippen LogP contribution in [0.4, 0.5) is 4.79 Å². The summed E-state index contributed by atoms with van der Waals surface area (Å²) in [6.07, 6.45) is 1.96. The molecule has 0 saturated carbocycles. The second-order valence-electron chi connectivity index (χ2n) is 6.50. The van der Waals surface area contributed by atoms with Gasteiger partial charge in [0, 0.05) is 31.6 Å². The Kier molecular flexibility index (Phi) is 5.80. The Morgan fingerprint density at radius 2 is 2.10 bits per heavy atom. The minimum Gasteiger partial charge on any atom is -0.444 e. The average Bonchev–Trinajstić information content (AvgIpc) is 2.25. The lowest BCUT2D eigenvalue weighted by molar-refractivity contribution is -0.118. The molecule has 2 atom stereocenters. The van der Waals surface area contributed by atoms with Gasteiger partial charge in [0.2, 0.25) is 5.91 Å². The van der Waals surface area contributed by atoms with Crippen LogP contribution in [-0.2, 0) is 9.53 Å². The topological polar surface area (TPSA) is 84.7 Å². The Morgan fingerprint density at radius 1 is 1.45 bits per heavy atom. The second-order valence-corrected chi connectivity index (χ2v) is 6.50. The minimum atomic E-state index is -0.475. The molecule has 0 spiro atoms. The van der Waals surface area contributed by atoms with Crippen molar-refractivity contribution < 1.29 is 14.3 Å². The first-order valence-electron chi connectivity index (χ1n) is 7.19. The number of amides is 2. The Balaban J connectivity index is 2.46. The third-order valence-electron chi connectivity index (χ3n) is 3.10. The van der Waals surface area contributed by atoms with Crippen molar-refractivity contribution >= 4 is 12.0 Å². The first-order chi connectivity index (χ1) is 9.17. The van der Waals surface area contributed by atoms with E-state index in [4.69, 9.17) is 10.5 Å². The molecule has 1 aliphatic rings. The molecular formula is C14H27N3O3. The van der Waals surface area contributed by atoms with Gasteiger partial charge in [-0.3, -0.25) is 4.79 Å². The van der Waals surface area contributed by atoms with Gasteiger partial charge in [0.1, 0.15) is 5.60 Å². The number of nitrogens with two attached hydrogens (primary N) is 1. The summed E-state index contributed by atoms with van der Waals surface area (Å²) in [5, 5.41) is 3.35. The lowest BCUT2D eigenvalue weighted by atomic mass is 10.0. The number of carbonyl (C=O) groups is 2. The summed E-state index contributed by atoms with van der Waals surface area (Å²) < 4.78 is 5.38. The van der Waals surface area contributed by atoms with Gasteiger partial charge in [-0.1, -0.05) is 0 Å². The Morgan fingerprint density at radius 3 is 2.65 bits per heavy atom. The minimum absolute atomic E-state index is 0.0242. The van der Waals surface area contributed by atoms with E-state index in [-0.39, 0.29) is 24.1 Å². The van der Waals surface area contributed by atoms with Crippen molar-refractivity contribution in [2.24, 2.45) is 5.73 Å². The zero-order chi connectivity index (χ0) is 15.3. The summed E-state index contributed by atoms with van der Waals surface area (Å²) in [4.78, 5) is 24.6. The molecule has 0 bridgehead atoms. The number of nitrogens with zero attached hydrogens (tertiary/aromatic N) is 1. The summed E-state index contributed by atoms with van der Waals surface area (Å²) in [5.41, 5.74) is 4.70. The van der Waals surface area contributed by atoms with Gasteiger partial charge in [-0.2, -0.15) is 0 Å². The Hall–Kier alpha value is -1.30. The van der Waals surface area contributed by atoms with Crippen LogP contribution < -0.4 is 11.1 Å². The van der Waals surface area contributed by atoms with Gasteiger partial charge in [-0.05, 0) is 40.5 Å². The number of hydrogen-bond donors (Lipinski definition) is 2. The maximum atomic E-state index is 12.0. The van der Waals surface area contributed by atoms with E-state index in [1.807, 2.05) is 27.7 Å². The lowest BCUT2D eigenvalue weighted by Crippen LogP contribution is -2.51. The van der Waals surface area contributed by atoms with Crippen LogP contribution in [0.2, 0.25) is 0 Å². The van der Waals surface area contributed by atoms with E-state index in [1.54, 1.807) is 4.90 Å². The van der Waals surface area contributed by atoms with Crippen molar-refractivity contribution in [2.75, 3.05) is 13.1 Å². The standard InChI is InChI=1S/C14H27N3O3/c1-10(8-12(15)18)16-11-6-5-7-17(9-11)13(19)20-14(2,3)4/h10-11,16H,5-9H2,1-4H3,(H2,15,18). The van der Waals surface area contributed by atoms with E-state index in [2.05, 4.69) is 5.32 Å². The van der Waals surface area contributed by atoms with Crippen LogP contribution >= 0.6 is 0 Å². The number of ether oxygens (including phenoxy) is 1. The highest BCUT2D eigenvalue weighted by molar-refractivity contribution is 5.74. The molecule has 1 fully saturated rings. The van der Waals surface area contributed by atoms with E-state index in [0.717, 1.165) is 19.4 Å². The Labute approximate surface area is 121 Å². The number of nitrogens with one attached hydrogen (secondary N) is 1. The molecule has 2 amide bonds. The van der Waals surface area contributed by atoms with Crippen LogP contribution in [0.1, 0.15) is 47.0 Å². The van der Waals surface area contributed by atoms with Gasteiger partial charge >= 0.3 is 6.09 Å². The maximum Gasteiger partial charge on any atom is 0.410 e. The predicted molar refractivity (Wildman–Crippen MR) is 77.2 cm³/mol. The first kappa shape index (κ1) is 16.8. The van der Waals surface area contributed by atoms with Crippen LogP contribution in [0, 0.1) is 0 Å². The van der Waals surface area contributed by atoms with Crippen molar-refractivity contribution in [2.45, 2.75) is 64.6 Å². The van der Waals surface area contributed by atoms with Crippen molar-refractivity contribution in [3.63, 3.8) is 0 Å². The molecule has 0 aromatic rings. The summed E-state index contributed by atoms with van der Waals surface area (Å²) in [5.74, 6) is -0.315. The molecule has 1 heterocycles. The van der Waals surface area contributed by atoms with E-state index in [1.165, 1.54) is 0 Å². The van der Waals surface area contributed by atoms with Gasteiger partial charge in [-0.25, -0.2) is 4.79 Å². The van der Waals surface area contributed by atoms with Gasteiger partial charge in [-0.15, -0.1) is 0 Å². The van der Waals surface area contributed by atoms with E-state index in [0.29, 0.717) is 13.0 Å². The molecule has 1 rings (SSSR count). The molecule has 2 unspecified atom stereocenters. The van der Waals surface area contributed by atoms with Crippen molar-refractivity contribution in [3.8, 4) is 0 Å². The first-order valence-corrected chi connectivity index (χ1v) is 7.19. The van der Waals surface area contributed by atoms with Crippen LogP contribution in [0.5, 0.6) is 0 Å². The molecule has 1 aliphatic heterocycles. The molecule has 6 nitrogen and oxygen atoms in total. The number of likely N-dealkylation sites (tertiary alicyclic amines) is 1. The summed E-state index contributed by atoms with van der Waals surface area (Å²) in [6.45, 7) is 8.84. The SMILES string of the molecule is CC(CC(N)=O)NC1CCCN(C(=O)OC(C)(C)C)C1. The summed E-state index contributed by atoms with van der Waals surface area (Å²) in [7, 11) is 0. The highest BCUT2D eigenvalue weighted by Gasteiger charge is 2.28. The molecule has 0 radical (unpaired) electrons.